The van der Waals surface area contributed by atoms with Gasteiger partial charge in [0.15, 0.2) is 5.78 Å². The molecule has 1 aromatic rings. The first kappa shape index (κ1) is 16.7. The van der Waals surface area contributed by atoms with E-state index in [4.69, 9.17) is 4.74 Å². The lowest BCUT2D eigenvalue weighted by Crippen LogP contribution is -2.04. The van der Waals surface area contributed by atoms with Crippen molar-refractivity contribution >= 4 is 5.78 Å². The van der Waals surface area contributed by atoms with Gasteiger partial charge in [0.25, 0.3) is 0 Å². The van der Waals surface area contributed by atoms with Gasteiger partial charge in [0.1, 0.15) is 5.75 Å². The second-order valence-corrected chi connectivity index (χ2v) is 5.29. The predicted octanol–water partition coefficient (Wildman–Crippen LogP) is 5.41. The highest BCUT2D eigenvalue weighted by Gasteiger charge is 2.11. The number of ether oxygens (including phenoxy) is 1. The summed E-state index contributed by atoms with van der Waals surface area (Å²) < 4.78 is 5.65. The molecule has 0 aromatic heterocycles. The summed E-state index contributed by atoms with van der Waals surface area (Å²) in [6, 6.07) is 7.61. The summed E-state index contributed by atoms with van der Waals surface area (Å²) in [5.41, 5.74) is 0.745. The third kappa shape index (κ3) is 6.23. The lowest BCUT2D eigenvalue weighted by atomic mass is 10.0. The molecular weight excluding hydrogens is 248 g/mol. The summed E-state index contributed by atoms with van der Waals surface area (Å²) in [4.78, 5) is 12.2. The Morgan fingerprint density at radius 3 is 2.40 bits per heavy atom. The summed E-state index contributed by atoms with van der Waals surface area (Å²) in [6.07, 6.45) is 8.85. The maximum atomic E-state index is 12.2. The third-order valence-electron chi connectivity index (χ3n) is 3.41. The number of ketones is 1. The van der Waals surface area contributed by atoms with Crippen molar-refractivity contribution in [3.63, 3.8) is 0 Å². The van der Waals surface area contributed by atoms with Crippen molar-refractivity contribution in [1.29, 1.82) is 0 Å². The van der Waals surface area contributed by atoms with Crippen LogP contribution in [0.4, 0.5) is 0 Å². The average molecular weight is 276 g/mol. The van der Waals surface area contributed by atoms with Gasteiger partial charge in [0, 0.05) is 6.42 Å². The molecule has 0 N–H and O–H groups in total. The zero-order valence-electron chi connectivity index (χ0n) is 13.0. The van der Waals surface area contributed by atoms with Crippen LogP contribution in [-0.4, -0.2) is 12.4 Å². The second kappa shape index (κ2) is 10.5. The maximum absolute atomic E-state index is 12.2. The van der Waals surface area contributed by atoms with Crippen LogP contribution < -0.4 is 4.74 Å². The standard InChI is InChI=1S/C18H28O2/c1-3-5-6-7-8-9-13-17(19)16-12-10-11-14-18(16)20-15-4-2/h10-12,14H,3-9,13,15H2,1-2H3. The predicted molar refractivity (Wildman–Crippen MR) is 84.6 cm³/mol. The molecule has 0 aliphatic rings. The Labute approximate surface area is 123 Å². The number of carbonyl (C=O) groups is 1. The van der Waals surface area contributed by atoms with Gasteiger partial charge in [0.2, 0.25) is 0 Å². The fourth-order valence-corrected chi connectivity index (χ4v) is 2.24. The first-order valence-corrected chi connectivity index (χ1v) is 8.04. The van der Waals surface area contributed by atoms with Crippen LogP contribution in [0.3, 0.4) is 0 Å². The Morgan fingerprint density at radius 1 is 0.950 bits per heavy atom. The molecule has 0 amide bonds. The highest BCUT2D eigenvalue weighted by Crippen LogP contribution is 2.21. The van der Waals surface area contributed by atoms with Crippen molar-refractivity contribution in [2.75, 3.05) is 6.61 Å². The molecule has 2 nitrogen and oxygen atoms in total. The molecule has 0 saturated carbocycles. The summed E-state index contributed by atoms with van der Waals surface area (Å²) in [5.74, 6) is 0.956. The van der Waals surface area contributed by atoms with E-state index in [-0.39, 0.29) is 5.78 Å². The van der Waals surface area contributed by atoms with E-state index in [1.165, 1.54) is 25.7 Å². The minimum absolute atomic E-state index is 0.215. The normalized spacial score (nSPS) is 10.5. The highest BCUT2D eigenvalue weighted by molar-refractivity contribution is 5.98. The second-order valence-electron chi connectivity index (χ2n) is 5.29. The molecule has 0 aliphatic heterocycles. The first-order chi connectivity index (χ1) is 9.79. The SMILES string of the molecule is CCCCCCCCC(=O)c1ccccc1OCCC. The van der Waals surface area contributed by atoms with Crippen LogP contribution >= 0.6 is 0 Å². The van der Waals surface area contributed by atoms with Crippen LogP contribution in [0.2, 0.25) is 0 Å². The van der Waals surface area contributed by atoms with E-state index in [0.29, 0.717) is 13.0 Å². The van der Waals surface area contributed by atoms with Gasteiger partial charge >= 0.3 is 0 Å². The number of unbranched alkanes of at least 4 members (excludes halogenated alkanes) is 5. The summed E-state index contributed by atoms with van der Waals surface area (Å²) >= 11 is 0. The molecule has 0 fully saturated rings. The van der Waals surface area contributed by atoms with Gasteiger partial charge < -0.3 is 4.74 Å². The van der Waals surface area contributed by atoms with E-state index in [1.807, 2.05) is 24.3 Å². The number of para-hydroxylation sites is 1. The van der Waals surface area contributed by atoms with Crippen molar-refractivity contribution < 1.29 is 9.53 Å². The fourth-order valence-electron chi connectivity index (χ4n) is 2.24. The van der Waals surface area contributed by atoms with Gasteiger partial charge in [-0.15, -0.1) is 0 Å². The smallest absolute Gasteiger partial charge is 0.166 e. The van der Waals surface area contributed by atoms with Crippen molar-refractivity contribution in [3.05, 3.63) is 29.8 Å². The molecule has 0 saturated heterocycles. The number of Topliss-reactive ketones (excluding diaryl/α,β-unsaturated/α-hetero) is 1. The van der Waals surface area contributed by atoms with Crippen LogP contribution in [0.25, 0.3) is 0 Å². The molecule has 0 aliphatic carbocycles. The lowest BCUT2D eigenvalue weighted by molar-refractivity contribution is 0.0975. The van der Waals surface area contributed by atoms with Crippen LogP contribution in [-0.2, 0) is 0 Å². The van der Waals surface area contributed by atoms with Gasteiger partial charge in [0.05, 0.1) is 12.2 Å². The summed E-state index contributed by atoms with van der Waals surface area (Å²) in [5, 5.41) is 0. The number of hydrogen-bond donors (Lipinski definition) is 0. The van der Waals surface area contributed by atoms with Crippen LogP contribution in [0.15, 0.2) is 24.3 Å². The van der Waals surface area contributed by atoms with Gasteiger partial charge in [-0.3, -0.25) is 4.79 Å². The van der Waals surface area contributed by atoms with E-state index in [0.717, 1.165) is 30.6 Å². The molecule has 20 heavy (non-hydrogen) atoms. The molecule has 0 spiro atoms. The molecule has 112 valence electrons. The summed E-state index contributed by atoms with van der Waals surface area (Å²) in [7, 11) is 0. The van der Waals surface area contributed by atoms with E-state index >= 15 is 0 Å². The number of hydrogen-bond acceptors (Lipinski definition) is 2. The van der Waals surface area contributed by atoms with Crippen LogP contribution in [0, 0.1) is 0 Å². The van der Waals surface area contributed by atoms with E-state index in [1.54, 1.807) is 0 Å². The Balaban J connectivity index is 2.38. The van der Waals surface area contributed by atoms with Crippen molar-refractivity contribution in [2.45, 2.75) is 65.2 Å². The molecule has 0 bridgehead atoms. The topological polar surface area (TPSA) is 26.3 Å². The monoisotopic (exact) mass is 276 g/mol. The maximum Gasteiger partial charge on any atom is 0.166 e. The average Bonchev–Trinajstić information content (AvgIpc) is 2.48. The van der Waals surface area contributed by atoms with Gasteiger partial charge in [-0.05, 0) is 25.0 Å². The number of carbonyl (C=O) groups excluding carboxylic acids is 1. The van der Waals surface area contributed by atoms with E-state index in [9.17, 15) is 4.79 Å². The van der Waals surface area contributed by atoms with E-state index in [2.05, 4.69) is 13.8 Å². The van der Waals surface area contributed by atoms with E-state index < -0.39 is 0 Å². The quantitative estimate of drug-likeness (QED) is 0.399. The molecule has 2 heteroatoms. The van der Waals surface area contributed by atoms with Crippen LogP contribution in [0.1, 0.15) is 75.6 Å². The Kier molecular flexibility index (Phi) is 8.77. The minimum atomic E-state index is 0.215. The Hall–Kier alpha value is -1.31. The largest absolute Gasteiger partial charge is 0.493 e. The molecule has 1 rings (SSSR count). The zero-order chi connectivity index (χ0) is 14.6. The van der Waals surface area contributed by atoms with Gasteiger partial charge in [-0.25, -0.2) is 0 Å². The van der Waals surface area contributed by atoms with Gasteiger partial charge in [-0.1, -0.05) is 58.1 Å². The Morgan fingerprint density at radius 2 is 1.65 bits per heavy atom. The zero-order valence-corrected chi connectivity index (χ0v) is 13.0. The molecule has 0 atom stereocenters. The van der Waals surface area contributed by atoms with Crippen molar-refractivity contribution in [2.24, 2.45) is 0 Å². The number of rotatable bonds is 11. The fraction of sp³-hybridized carbons (Fsp3) is 0.611. The molecule has 1 aromatic carbocycles. The highest BCUT2D eigenvalue weighted by atomic mass is 16.5. The number of benzene rings is 1. The lowest BCUT2D eigenvalue weighted by Gasteiger charge is -2.09. The molecular formula is C18H28O2. The Bertz CT molecular complexity index is 385. The minimum Gasteiger partial charge on any atom is -0.493 e. The first-order valence-electron chi connectivity index (χ1n) is 8.04. The molecule has 0 unspecified atom stereocenters. The van der Waals surface area contributed by atoms with Crippen LogP contribution in [0.5, 0.6) is 5.75 Å². The molecule has 0 heterocycles. The van der Waals surface area contributed by atoms with Crippen molar-refractivity contribution in [3.8, 4) is 5.75 Å². The van der Waals surface area contributed by atoms with Crippen molar-refractivity contribution in [1.82, 2.24) is 0 Å². The van der Waals surface area contributed by atoms with Gasteiger partial charge in [-0.2, -0.15) is 0 Å². The summed E-state index contributed by atoms with van der Waals surface area (Å²) in [6.45, 7) is 4.96. The molecule has 0 radical (unpaired) electrons. The third-order valence-corrected chi connectivity index (χ3v) is 3.41.